The van der Waals surface area contributed by atoms with E-state index in [0.29, 0.717) is 11.5 Å². The third-order valence-electron chi connectivity index (χ3n) is 2.05. The Bertz CT molecular complexity index is 436. The number of nitrogens with zero attached hydrogens (tertiary/aromatic N) is 3. The van der Waals surface area contributed by atoms with E-state index in [0.717, 1.165) is 4.90 Å². The fraction of sp³-hybridized carbons (Fsp3) is 0.200. The summed E-state index contributed by atoms with van der Waals surface area (Å²) >= 11 is 0. The zero-order valence-corrected chi connectivity index (χ0v) is 8.17. The molecule has 0 aliphatic carbocycles. The molecule has 1 aromatic rings. The lowest BCUT2D eigenvalue weighted by Gasteiger charge is -2.12. The van der Waals surface area contributed by atoms with Crippen molar-refractivity contribution in [2.45, 2.75) is 13.5 Å². The summed E-state index contributed by atoms with van der Waals surface area (Å²) in [5.41, 5.74) is 0.660. The maximum atomic E-state index is 11.2. The highest BCUT2D eigenvalue weighted by Gasteiger charge is 2.23. The van der Waals surface area contributed by atoms with Crippen LogP contribution in [0.5, 0.6) is 0 Å². The largest absolute Gasteiger partial charge is 0.269 e. The van der Waals surface area contributed by atoms with Crippen molar-refractivity contribution in [2.75, 3.05) is 0 Å². The lowest BCUT2D eigenvalue weighted by Crippen LogP contribution is -2.29. The van der Waals surface area contributed by atoms with Crippen LogP contribution in [0.3, 0.4) is 0 Å². The average molecular weight is 203 g/mol. The van der Waals surface area contributed by atoms with Gasteiger partial charge in [0, 0.05) is 18.3 Å². The van der Waals surface area contributed by atoms with Gasteiger partial charge in [-0.05, 0) is 13.0 Å². The minimum Gasteiger partial charge on any atom is -0.269 e. The maximum absolute atomic E-state index is 11.2. The van der Waals surface area contributed by atoms with Crippen molar-refractivity contribution < 1.29 is 9.59 Å². The van der Waals surface area contributed by atoms with E-state index in [1.54, 1.807) is 19.2 Å². The molecule has 2 rings (SSSR count). The molecule has 0 bridgehead atoms. The van der Waals surface area contributed by atoms with Crippen LogP contribution in [-0.4, -0.2) is 26.7 Å². The molecule has 0 aromatic carbocycles. The van der Waals surface area contributed by atoms with Gasteiger partial charge in [-0.3, -0.25) is 14.5 Å². The normalized spacial score (nSPS) is 15.1. The fourth-order valence-electron chi connectivity index (χ4n) is 1.34. The average Bonchev–Trinajstić information content (AvgIpc) is 2.50. The van der Waals surface area contributed by atoms with Crippen LogP contribution in [0.1, 0.15) is 11.5 Å². The number of rotatable bonds is 2. The Hall–Kier alpha value is -2.04. The summed E-state index contributed by atoms with van der Waals surface area (Å²) < 4.78 is 0. The summed E-state index contributed by atoms with van der Waals surface area (Å²) in [7, 11) is 0. The van der Waals surface area contributed by atoms with Crippen LogP contribution >= 0.6 is 0 Å². The molecular formula is C10H9N3O2. The molecule has 1 aromatic heterocycles. The first kappa shape index (κ1) is 9.51. The van der Waals surface area contributed by atoms with Crippen molar-refractivity contribution in [3.63, 3.8) is 0 Å². The minimum absolute atomic E-state index is 0.202. The predicted octanol–water partition coefficient (Wildman–Crippen LogP) is 0.210. The third-order valence-corrected chi connectivity index (χ3v) is 2.05. The van der Waals surface area contributed by atoms with E-state index < -0.39 is 0 Å². The van der Waals surface area contributed by atoms with E-state index in [-0.39, 0.29) is 18.4 Å². The van der Waals surface area contributed by atoms with Gasteiger partial charge in [-0.15, -0.1) is 0 Å². The van der Waals surface area contributed by atoms with Crippen molar-refractivity contribution in [1.29, 1.82) is 0 Å². The first-order chi connectivity index (χ1) is 7.16. The quantitative estimate of drug-likeness (QED) is 0.644. The number of carbonyl (C=O) groups is 2. The second-order valence-electron chi connectivity index (χ2n) is 3.19. The molecule has 1 aliphatic heterocycles. The fourth-order valence-corrected chi connectivity index (χ4v) is 1.34. The predicted molar refractivity (Wildman–Crippen MR) is 51.5 cm³/mol. The summed E-state index contributed by atoms with van der Waals surface area (Å²) in [6, 6.07) is 1.69. The maximum Gasteiger partial charge on any atom is 0.253 e. The van der Waals surface area contributed by atoms with E-state index >= 15 is 0 Å². The second kappa shape index (κ2) is 3.61. The molecule has 76 valence electrons. The molecular weight excluding hydrogens is 194 g/mol. The smallest absolute Gasteiger partial charge is 0.253 e. The number of hydrogen-bond acceptors (Lipinski definition) is 4. The Morgan fingerprint density at radius 2 is 1.93 bits per heavy atom. The van der Waals surface area contributed by atoms with Crippen LogP contribution in [0.25, 0.3) is 0 Å². The molecule has 2 amide bonds. The SMILES string of the molecule is Cc1nccc(CN2C(=O)C=CC2=O)n1. The van der Waals surface area contributed by atoms with Crippen LogP contribution in [0.4, 0.5) is 0 Å². The topological polar surface area (TPSA) is 63.2 Å². The number of carbonyl (C=O) groups excluding carboxylic acids is 2. The lowest BCUT2D eigenvalue weighted by atomic mass is 10.3. The zero-order valence-electron chi connectivity index (χ0n) is 8.17. The molecule has 1 aliphatic rings. The van der Waals surface area contributed by atoms with E-state index in [2.05, 4.69) is 9.97 Å². The molecule has 0 saturated heterocycles. The van der Waals surface area contributed by atoms with Crippen LogP contribution < -0.4 is 0 Å². The first-order valence-corrected chi connectivity index (χ1v) is 4.49. The van der Waals surface area contributed by atoms with Crippen molar-refractivity contribution in [3.8, 4) is 0 Å². The van der Waals surface area contributed by atoms with Gasteiger partial charge in [0.2, 0.25) is 0 Å². The third kappa shape index (κ3) is 1.90. The Morgan fingerprint density at radius 3 is 2.53 bits per heavy atom. The number of imide groups is 1. The molecule has 0 saturated carbocycles. The van der Waals surface area contributed by atoms with Gasteiger partial charge in [-0.2, -0.15) is 0 Å². The zero-order chi connectivity index (χ0) is 10.8. The van der Waals surface area contributed by atoms with Crippen molar-refractivity contribution in [2.24, 2.45) is 0 Å². The Morgan fingerprint density at radius 1 is 1.27 bits per heavy atom. The van der Waals surface area contributed by atoms with Crippen LogP contribution in [0, 0.1) is 6.92 Å². The van der Waals surface area contributed by atoms with Gasteiger partial charge in [0.05, 0.1) is 12.2 Å². The summed E-state index contributed by atoms with van der Waals surface area (Å²) in [5.74, 6) is 0.0343. The summed E-state index contributed by atoms with van der Waals surface area (Å²) in [6.07, 6.45) is 4.13. The molecule has 0 N–H and O–H groups in total. The first-order valence-electron chi connectivity index (χ1n) is 4.49. The summed E-state index contributed by atoms with van der Waals surface area (Å²) in [4.78, 5) is 31.7. The molecule has 0 atom stereocenters. The minimum atomic E-state index is -0.295. The van der Waals surface area contributed by atoms with Gasteiger partial charge in [0.15, 0.2) is 0 Å². The monoisotopic (exact) mass is 203 g/mol. The van der Waals surface area contributed by atoms with Gasteiger partial charge in [0.1, 0.15) is 5.82 Å². The number of aromatic nitrogens is 2. The van der Waals surface area contributed by atoms with Gasteiger partial charge in [-0.1, -0.05) is 0 Å². The summed E-state index contributed by atoms with van der Waals surface area (Å²) in [6.45, 7) is 1.96. The van der Waals surface area contributed by atoms with Crippen LogP contribution in [0.15, 0.2) is 24.4 Å². The van der Waals surface area contributed by atoms with E-state index in [9.17, 15) is 9.59 Å². The Labute approximate surface area is 86.4 Å². The standard InChI is InChI=1S/C10H9N3O2/c1-7-11-5-4-8(12-7)6-13-9(14)2-3-10(13)15/h2-5H,6H2,1H3. The van der Waals surface area contributed by atoms with Gasteiger partial charge in [-0.25, -0.2) is 9.97 Å². The number of aryl methyl sites for hydroxylation is 1. The second-order valence-corrected chi connectivity index (χ2v) is 3.19. The Kier molecular flexibility index (Phi) is 2.29. The molecule has 0 radical (unpaired) electrons. The molecule has 0 spiro atoms. The molecule has 2 heterocycles. The lowest BCUT2D eigenvalue weighted by molar-refractivity contribution is -0.137. The van der Waals surface area contributed by atoms with Gasteiger partial charge in [0.25, 0.3) is 11.8 Å². The van der Waals surface area contributed by atoms with Gasteiger partial charge < -0.3 is 0 Å². The number of amides is 2. The molecule has 0 fully saturated rings. The van der Waals surface area contributed by atoms with E-state index in [4.69, 9.17) is 0 Å². The summed E-state index contributed by atoms with van der Waals surface area (Å²) in [5, 5.41) is 0. The van der Waals surface area contributed by atoms with Crippen molar-refractivity contribution >= 4 is 11.8 Å². The highest BCUT2D eigenvalue weighted by atomic mass is 16.2. The van der Waals surface area contributed by atoms with E-state index in [1.165, 1.54) is 12.2 Å². The van der Waals surface area contributed by atoms with Crippen molar-refractivity contribution in [3.05, 3.63) is 35.9 Å². The van der Waals surface area contributed by atoms with E-state index in [1.807, 2.05) is 0 Å². The number of hydrogen-bond donors (Lipinski definition) is 0. The highest BCUT2D eigenvalue weighted by molar-refractivity contribution is 6.12. The molecule has 5 heteroatoms. The molecule has 0 unspecified atom stereocenters. The van der Waals surface area contributed by atoms with Gasteiger partial charge >= 0.3 is 0 Å². The highest BCUT2D eigenvalue weighted by Crippen LogP contribution is 2.08. The van der Waals surface area contributed by atoms with Crippen LogP contribution in [-0.2, 0) is 16.1 Å². The van der Waals surface area contributed by atoms with Crippen LogP contribution in [0.2, 0.25) is 0 Å². The van der Waals surface area contributed by atoms with Crippen molar-refractivity contribution in [1.82, 2.24) is 14.9 Å². The molecule has 15 heavy (non-hydrogen) atoms. The Balaban J connectivity index is 2.16. The molecule has 5 nitrogen and oxygen atoms in total.